The second-order valence-corrected chi connectivity index (χ2v) is 14.1. The summed E-state index contributed by atoms with van der Waals surface area (Å²) in [4.78, 5) is 24.9. The second-order valence-electron chi connectivity index (χ2n) is 14.1. The highest BCUT2D eigenvalue weighted by Gasteiger charge is 2.14. The van der Waals surface area contributed by atoms with Crippen LogP contribution in [0.4, 0.5) is 0 Å². The number of benzene rings is 8. The number of aromatic nitrogens is 5. The number of fused-ring (bicyclic) bond motifs is 5. The number of hydrogen-bond donors (Lipinski definition) is 0. The predicted molar refractivity (Wildman–Crippen MR) is 230 cm³/mol. The van der Waals surface area contributed by atoms with Crippen LogP contribution in [0.2, 0.25) is 0 Å². The molecule has 0 atom stereocenters. The van der Waals surface area contributed by atoms with Gasteiger partial charge in [-0.05, 0) is 63.7 Å². The summed E-state index contributed by atoms with van der Waals surface area (Å²) >= 11 is 0. The Morgan fingerprint density at radius 2 is 0.684 bits per heavy atom. The topological polar surface area (TPSA) is 77.6 Å². The smallest absolute Gasteiger partial charge is 0.164 e. The molecule has 0 radical (unpaired) electrons. The Bertz CT molecular complexity index is 3270. The van der Waals surface area contributed by atoms with Crippen molar-refractivity contribution in [3.05, 3.63) is 188 Å². The van der Waals surface area contributed by atoms with Crippen molar-refractivity contribution in [3.8, 4) is 67.5 Å². The molecule has 6 heteroatoms. The summed E-state index contributed by atoms with van der Waals surface area (Å²) in [6, 6.07) is 64.3. The van der Waals surface area contributed by atoms with Gasteiger partial charge in [-0.25, -0.2) is 24.9 Å². The van der Waals surface area contributed by atoms with Crippen molar-refractivity contribution in [2.24, 2.45) is 0 Å². The van der Waals surface area contributed by atoms with Gasteiger partial charge in [0, 0.05) is 33.5 Å². The molecule has 0 spiro atoms. The fraction of sp³-hybridized carbons (Fsp3) is 0. The summed E-state index contributed by atoms with van der Waals surface area (Å²) in [5.74, 6) is 1.89. The Labute approximate surface area is 327 Å². The van der Waals surface area contributed by atoms with E-state index >= 15 is 0 Å². The van der Waals surface area contributed by atoms with E-state index in [9.17, 15) is 0 Å². The van der Waals surface area contributed by atoms with Gasteiger partial charge in [0.2, 0.25) is 0 Å². The highest BCUT2D eigenvalue weighted by Crippen LogP contribution is 2.34. The van der Waals surface area contributed by atoms with Crippen molar-refractivity contribution < 1.29 is 4.42 Å². The van der Waals surface area contributed by atoms with Crippen molar-refractivity contribution in [1.29, 1.82) is 0 Å². The zero-order valence-corrected chi connectivity index (χ0v) is 30.5. The van der Waals surface area contributed by atoms with E-state index in [0.717, 1.165) is 88.5 Å². The van der Waals surface area contributed by atoms with Crippen LogP contribution < -0.4 is 0 Å². The van der Waals surface area contributed by atoms with E-state index in [-0.39, 0.29) is 0 Å². The molecule has 0 aliphatic heterocycles. The van der Waals surface area contributed by atoms with E-state index in [1.807, 2.05) is 60.7 Å². The molecule has 6 nitrogen and oxygen atoms in total. The Hall–Kier alpha value is -7.83. The molecular weight excluding hydrogens is 699 g/mol. The standard InChI is InChI=1S/C51H31N5O/c1-3-10-32(11-4-1)33-18-22-36(23-19-33)50-54-49(35-12-5-2-6-13-35)55-51(56-50)37-24-20-34(21-25-37)38-14-9-15-39(28-38)40-26-27-43-44(29-40)53-46-31-48-42(30-45(46)52-43)41-16-7-8-17-47(41)57-48/h1-31H. The van der Waals surface area contributed by atoms with Crippen molar-refractivity contribution in [3.63, 3.8) is 0 Å². The van der Waals surface area contributed by atoms with E-state index in [1.54, 1.807) is 0 Å². The van der Waals surface area contributed by atoms with Crippen LogP contribution in [-0.2, 0) is 0 Å². The summed E-state index contributed by atoms with van der Waals surface area (Å²) in [6.07, 6.45) is 0. The molecule has 11 aromatic rings. The first kappa shape index (κ1) is 32.6. The van der Waals surface area contributed by atoms with Gasteiger partial charge < -0.3 is 4.42 Å². The summed E-state index contributed by atoms with van der Waals surface area (Å²) < 4.78 is 6.14. The van der Waals surface area contributed by atoms with Crippen LogP contribution in [0.25, 0.3) is 112 Å². The summed E-state index contributed by atoms with van der Waals surface area (Å²) in [5.41, 5.74) is 14.5. The first-order valence-corrected chi connectivity index (χ1v) is 18.9. The van der Waals surface area contributed by atoms with Crippen LogP contribution in [-0.4, -0.2) is 24.9 Å². The normalized spacial score (nSPS) is 11.5. The summed E-state index contributed by atoms with van der Waals surface area (Å²) in [7, 11) is 0. The molecule has 57 heavy (non-hydrogen) atoms. The predicted octanol–water partition coefficient (Wildman–Crippen LogP) is 12.9. The Kier molecular flexibility index (Phi) is 7.71. The van der Waals surface area contributed by atoms with E-state index in [2.05, 4.69) is 127 Å². The molecule has 0 aliphatic carbocycles. The lowest BCUT2D eigenvalue weighted by molar-refractivity contribution is 0.669. The first-order valence-electron chi connectivity index (χ1n) is 18.9. The van der Waals surface area contributed by atoms with E-state index in [4.69, 9.17) is 29.3 Å². The SMILES string of the molecule is c1ccc(-c2ccc(-c3nc(-c4ccccc4)nc(-c4ccc(-c5cccc(-c6ccc7nc8cc9c(cc8nc7c6)oc6ccccc69)c5)cc4)n3)cc2)cc1. The van der Waals surface area contributed by atoms with Crippen LogP contribution in [0.3, 0.4) is 0 Å². The van der Waals surface area contributed by atoms with Crippen LogP contribution in [0, 0.1) is 0 Å². The number of hydrogen-bond acceptors (Lipinski definition) is 6. The number of rotatable bonds is 6. The quantitative estimate of drug-likeness (QED) is 0.159. The lowest BCUT2D eigenvalue weighted by Crippen LogP contribution is -2.00. The molecule has 0 bridgehead atoms. The third-order valence-electron chi connectivity index (χ3n) is 10.5. The molecule has 0 saturated carbocycles. The Morgan fingerprint density at radius 1 is 0.246 bits per heavy atom. The minimum absolute atomic E-state index is 0.622. The molecule has 8 aromatic carbocycles. The monoisotopic (exact) mass is 729 g/mol. The third kappa shape index (κ3) is 6.06. The zero-order chi connectivity index (χ0) is 37.7. The van der Waals surface area contributed by atoms with Gasteiger partial charge in [0.25, 0.3) is 0 Å². The van der Waals surface area contributed by atoms with Gasteiger partial charge in [0.05, 0.1) is 22.1 Å². The van der Waals surface area contributed by atoms with Gasteiger partial charge in [-0.1, -0.05) is 152 Å². The molecular formula is C51H31N5O. The molecule has 0 unspecified atom stereocenters. The minimum atomic E-state index is 0.622. The largest absolute Gasteiger partial charge is 0.456 e. The van der Waals surface area contributed by atoms with Crippen molar-refractivity contribution in [2.45, 2.75) is 0 Å². The van der Waals surface area contributed by atoms with Crippen LogP contribution >= 0.6 is 0 Å². The van der Waals surface area contributed by atoms with Crippen LogP contribution in [0.1, 0.15) is 0 Å². The highest BCUT2D eigenvalue weighted by atomic mass is 16.3. The molecule has 0 amide bonds. The minimum Gasteiger partial charge on any atom is -0.456 e. The van der Waals surface area contributed by atoms with Gasteiger partial charge in [-0.2, -0.15) is 0 Å². The van der Waals surface area contributed by atoms with E-state index < -0.39 is 0 Å². The maximum atomic E-state index is 6.14. The van der Waals surface area contributed by atoms with E-state index in [0.29, 0.717) is 17.5 Å². The number of furan rings is 1. The maximum absolute atomic E-state index is 6.14. The van der Waals surface area contributed by atoms with Crippen molar-refractivity contribution in [1.82, 2.24) is 24.9 Å². The van der Waals surface area contributed by atoms with Gasteiger partial charge in [0.1, 0.15) is 11.2 Å². The van der Waals surface area contributed by atoms with Gasteiger partial charge >= 0.3 is 0 Å². The zero-order valence-electron chi connectivity index (χ0n) is 30.5. The average molecular weight is 730 g/mol. The Balaban J connectivity index is 0.911. The molecule has 0 aliphatic rings. The second kappa shape index (κ2) is 13.5. The van der Waals surface area contributed by atoms with Gasteiger partial charge in [-0.15, -0.1) is 0 Å². The maximum Gasteiger partial charge on any atom is 0.164 e. The summed E-state index contributed by atoms with van der Waals surface area (Å²) in [6.45, 7) is 0. The molecule has 11 rings (SSSR count). The molecule has 3 heterocycles. The lowest BCUT2D eigenvalue weighted by atomic mass is 9.98. The van der Waals surface area contributed by atoms with E-state index in [1.165, 1.54) is 5.56 Å². The summed E-state index contributed by atoms with van der Waals surface area (Å²) in [5, 5.41) is 2.13. The fourth-order valence-corrected chi connectivity index (χ4v) is 7.56. The van der Waals surface area contributed by atoms with Gasteiger partial charge in [-0.3, -0.25) is 0 Å². The molecule has 3 aromatic heterocycles. The van der Waals surface area contributed by atoms with Crippen LogP contribution in [0.15, 0.2) is 192 Å². The third-order valence-corrected chi connectivity index (χ3v) is 10.5. The molecule has 0 fully saturated rings. The highest BCUT2D eigenvalue weighted by molar-refractivity contribution is 6.09. The Morgan fingerprint density at radius 3 is 1.37 bits per heavy atom. The first-order chi connectivity index (χ1) is 28.2. The number of nitrogens with zero attached hydrogens (tertiary/aromatic N) is 5. The molecule has 0 saturated heterocycles. The average Bonchev–Trinajstić information content (AvgIpc) is 3.65. The van der Waals surface area contributed by atoms with Crippen molar-refractivity contribution in [2.75, 3.05) is 0 Å². The molecule has 0 N–H and O–H groups in total. The van der Waals surface area contributed by atoms with Gasteiger partial charge in [0.15, 0.2) is 17.5 Å². The van der Waals surface area contributed by atoms with Crippen LogP contribution in [0.5, 0.6) is 0 Å². The molecule has 266 valence electrons. The van der Waals surface area contributed by atoms with Crippen molar-refractivity contribution >= 4 is 44.0 Å². The lowest BCUT2D eigenvalue weighted by Gasteiger charge is -2.10. The number of para-hydroxylation sites is 1. The fourth-order valence-electron chi connectivity index (χ4n) is 7.56.